The average molecular weight is 187 g/mol. The van der Waals surface area contributed by atoms with Gasteiger partial charge in [0, 0.05) is 13.2 Å². The minimum atomic E-state index is -0.735. The van der Waals surface area contributed by atoms with Gasteiger partial charge < -0.3 is 14.7 Å². The van der Waals surface area contributed by atoms with Crippen LogP contribution < -0.4 is 0 Å². The first-order valence-electron chi connectivity index (χ1n) is 4.53. The van der Waals surface area contributed by atoms with Crippen molar-refractivity contribution in [1.29, 1.82) is 0 Å². The summed E-state index contributed by atoms with van der Waals surface area (Å²) in [6.07, 6.45) is 1.57. The van der Waals surface area contributed by atoms with E-state index in [-0.39, 0.29) is 0 Å². The minimum absolute atomic E-state index is 0.348. The number of hydrogen-bond donors (Lipinski definition) is 1. The molecule has 13 heavy (non-hydrogen) atoms. The molecule has 0 saturated carbocycles. The fourth-order valence-corrected chi connectivity index (χ4v) is 1.82. The van der Waals surface area contributed by atoms with Crippen LogP contribution in [0.1, 0.15) is 12.8 Å². The van der Waals surface area contributed by atoms with Crippen LogP contribution in [0.3, 0.4) is 0 Å². The van der Waals surface area contributed by atoms with Crippen molar-refractivity contribution in [3.05, 3.63) is 0 Å². The molecule has 0 bridgehead atoms. The quantitative estimate of drug-likeness (QED) is 0.696. The topological polar surface area (TPSA) is 49.8 Å². The minimum Gasteiger partial charge on any atom is -0.481 e. The van der Waals surface area contributed by atoms with Gasteiger partial charge in [-0.15, -0.1) is 0 Å². The number of carbonyl (C=O) groups is 1. The summed E-state index contributed by atoms with van der Waals surface area (Å²) in [6.45, 7) is 1.60. The van der Waals surface area contributed by atoms with E-state index in [4.69, 9.17) is 9.84 Å². The van der Waals surface area contributed by atoms with Gasteiger partial charge in [-0.05, 0) is 26.9 Å². The van der Waals surface area contributed by atoms with Crippen molar-refractivity contribution in [3.63, 3.8) is 0 Å². The molecule has 1 atom stereocenters. The molecule has 1 heterocycles. The van der Waals surface area contributed by atoms with Crippen LogP contribution >= 0.6 is 0 Å². The van der Waals surface area contributed by atoms with Crippen molar-refractivity contribution in [2.75, 3.05) is 33.9 Å². The molecule has 4 nitrogen and oxygen atoms in total. The van der Waals surface area contributed by atoms with E-state index in [2.05, 4.69) is 0 Å². The first kappa shape index (κ1) is 10.5. The number of nitrogens with zero attached hydrogens (tertiary/aromatic N) is 1. The van der Waals surface area contributed by atoms with E-state index >= 15 is 0 Å². The molecule has 1 rings (SSSR count). The van der Waals surface area contributed by atoms with E-state index in [9.17, 15) is 4.79 Å². The maximum atomic E-state index is 11.1. The first-order valence-corrected chi connectivity index (χ1v) is 4.53. The Labute approximate surface area is 78.5 Å². The Balaban J connectivity index is 2.67. The van der Waals surface area contributed by atoms with Crippen LogP contribution in [-0.4, -0.2) is 49.8 Å². The molecule has 1 aliphatic heterocycles. The molecule has 0 aromatic carbocycles. The summed E-state index contributed by atoms with van der Waals surface area (Å²) in [4.78, 5) is 13.0. The van der Waals surface area contributed by atoms with E-state index < -0.39 is 11.4 Å². The van der Waals surface area contributed by atoms with Crippen molar-refractivity contribution in [3.8, 4) is 0 Å². The number of hydrogen-bond acceptors (Lipinski definition) is 3. The zero-order chi connectivity index (χ0) is 9.90. The molecule has 0 aromatic heterocycles. The van der Waals surface area contributed by atoms with Crippen LogP contribution in [0.25, 0.3) is 0 Å². The van der Waals surface area contributed by atoms with E-state index in [1.807, 2.05) is 19.0 Å². The van der Waals surface area contributed by atoms with Gasteiger partial charge in [-0.2, -0.15) is 0 Å². The third kappa shape index (κ3) is 2.42. The van der Waals surface area contributed by atoms with Gasteiger partial charge >= 0.3 is 5.97 Å². The van der Waals surface area contributed by atoms with Crippen molar-refractivity contribution < 1.29 is 14.6 Å². The summed E-state index contributed by atoms with van der Waals surface area (Å²) >= 11 is 0. The van der Waals surface area contributed by atoms with Crippen LogP contribution in [-0.2, 0) is 9.53 Å². The van der Waals surface area contributed by atoms with E-state index in [1.165, 1.54) is 0 Å². The molecule has 0 aromatic rings. The van der Waals surface area contributed by atoms with Gasteiger partial charge in [-0.1, -0.05) is 0 Å². The van der Waals surface area contributed by atoms with Crippen LogP contribution in [0, 0.1) is 5.41 Å². The smallest absolute Gasteiger partial charge is 0.313 e. The third-order valence-electron chi connectivity index (χ3n) is 2.39. The van der Waals surface area contributed by atoms with Crippen LogP contribution in [0.2, 0.25) is 0 Å². The van der Waals surface area contributed by atoms with Crippen molar-refractivity contribution in [2.45, 2.75) is 12.8 Å². The Kier molecular flexibility index (Phi) is 3.27. The number of ether oxygens (including phenoxy) is 1. The van der Waals surface area contributed by atoms with Crippen LogP contribution in [0.5, 0.6) is 0 Å². The molecule has 0 spiro atoms. The van der Waals surface area contributed by atoms with Crippen LogP contribution in [0.4, 0.5) is 0 Å². The van der Waals surface area contributed by atoms with Gasteiger partial charge in [0.15, 0.2) is 0 Å². The number of rotatable bonds is 3. The monoisotopic (exact) mass is 187 g/mol. The van der Waals surface area contributed by atoms with E-state index in [0.717, 1.165) is 12.8 Å². The number of carboxylic acid groups (broad SMARTS) is 1. The molecule has 76 valence electrons. The largest absolute Gasteiger partial charge is 0.481 e. The predicted octanol–water partition coefficient (Wildman–Crippen LogP) is 0.429. The van der Waals surface area contributed by atoms with Crippen molar-refractivity contribution in [2.24, 2.45) is 5.41 Å². The summed E-state index contributed by atoms with van der Waals surface area (Å²) < 4.78 is 5.24. The average Bonchev–Trinajstić information content (AvgIpc) is 2.04. The summed E-state index contributed by atoms with van der Waals surface area (Å²) in [5, 5.41) is 9.13. The van der Waals surface area contributed by atoms with Gasteiger partial charge in [0.2, 0.25) is 0 Å². The standard InChI is InChI=1S/C9H17NO3/c1-10(2)6-9(8(11)12)4-3-5-13-7-9/h3-7H2,1-2H3,(H,11,12). The van der Waals surface area contributed by atoms with Crippen molar-refractivity contribution in [1.82, 2.24) is 4.90 Å². The lowest BCUT2D eigenvalue weighted by molar-refractivity contribution is -0.158. The molecule has 0 amide bonds. The highest BCUT2D eigenvalue weighted by atomic mass is 16.5. The normalized spacial score (nSPS) is 29.2. The highest BCUT2D eigenvalue weighted by Gasteiger charge is 2.40. The highest BCUT2D eigenvalue weighted by Crippen LogP contribution is 2.29. The van der Waals surface area contributed by atoms with Gasteiger partial charge in [0.1, 0.15) is 5.41 Å². The number of carboxylic acids is 1. The molecule has 1 saturated heterocycles. The second-order valence-corrected chi connectivity index (χ2v) is 3.98. The fourth-order valence-electron chi connectivity index (χ4n) is 1.82. The molecule has 1 fully saturated rings. The summed E-state index contributed by atoms with van der Waals surface area (Å²) in [5.41, 5.74) is -0.679. The van der Waals surface area contributed by atoms with E-state index in [0.29, 0.717) is 19.8 Å². The molecule has 1 aliphatic rings. The van der Waals surface area contributed by atoms with Gasteiger partial charge in [0.05, 0.1) is 6.61 Å². The first-order chi connectivity index (χ1) is 6.07. The Hall–Kier alpha value is -0.610. The Morgan fingerprint density at radius 1 is 1.62 bits per heavy atom. The summed E-state index contributed by atoms with van der Waals surface area (Å²) in [6, 6.07) is 0. The third-order valence-corrected chi connectivity index (χ3v) is 2.39. The summed E-state index contributed by atoms with van der Waals surface area (Å²) in [7, 11) is 3.78. The molecule has 4 heteroatoms. The van der Waals surface area contributed by atoms with Crippen molar-refractivity contribution >= 4 is 5.97 Å². The molecule has 1 N–H and O–H groups in total. The maximum absolute atomic E-state index is 11.1. The zero-order valence-electron chi connectivity index (χ0n) is 8.25. The molecular weight excluding hydrogens is 170 g/mol. The second-order valence-electron chi connectivity index (χ2n) is 3.98. The van der Waals surface area contributed by atoms with E-state index in [1.54, 1.807) is 0 Å². The lowest BCUT2D eigenvalue weighted by Crippen LogP contribution is -2.46. The van der Waals surface area contributed by atoms with Gasteiger partial charge in [0.25, 0.3) is 0 Å². The number of aliphatic carboxylic acids is 1. The maximum Gasteiger partial charge on any atom is 0.313 e. The Bertz CT molecular complexity index is 185. The van der Waals surface area contributed by atoms with Gasteiger partial charge in [-0.3, -0.25) is 4.79 Å². The fraction of sp³-hybridized carbons (Fsp3) is 0.889. The summed E-state index contributed by atoms with van der Waals surface area (Å²) in [5.74, 6) is -0.735. The highest BCUT2D eigenvalue weighted by molar-refractivity contribution is 5.75. The lowest BCUT2D eigenvalue weighted by Gasteiger charge is -2.34. The molecule has 0 radical (unpaired) electrons. The molecular formula is C9H17NO3. The predicted molar refractivity (Wildman–Crippen MR) is 48.7 cm³/mol. The zero-order valence-corrected chi connectivity index (χ0v) is 8.25. The van der Waals surface area contributed by atoms with Gasteiger partial charge in [-0.25, -0.2) is 0 Å². The Morgan fingerprint density at radius 2 is 2.31 bits per heavy atom. The Morgan fingerprint density at radius 3 is 2.69 bits per heavy atom. The molecule has 1 unspecified atom stereocenters. The SMILES string of the molecule is CN(C)CC1(C(=O)O)CCCOC1. The second kappa shape index (κ2) is 4.07. The molecule has 0 aliphatic carbocycles. The van der Waals surface area contributed by atoms with Crippen LogP contribution in [0.15, 0.2) is 0 Å². The lowest BCUT2D eigenvalue weighted by atomic mass is 9.82.